The van der Waals surface area contributed by atoms with Crippen LogP contribution in [-0.4, -0.2) is 25.6 Å². The second-order valence-corrected chi connectivity index (χ2v) is 4.10. The van der Waals surface area contributed by atoms with Gasteiger partial charge in [-0.15, -0.1) is 0 Å². The molecule has 1 heterocycles. The van der Waals surface area contributed by atoms with Crippen molar-refractivity contribution in [3.05, 3.63) is 29.3 Å². The number of hydrogen-bond donors (Lipinski definition) is 2. The van der Waals surface area contributed by atoms with Gasteiger partial charge in [0, 0.05) is 19.5 Å². The number of fused-ring (bicyclic) bond motifs is 1. The van der Waals surface area contributed by atoms with Gasteiger partial charge >= 0.3 is 0 Å². The van der Waals surface area contributed by atoms with E-state index in [1.54, 1.807) is 0 Å². The first-order valence-electron chi connectivity index (χ1n) is 6.01. The van der Waals surface area contributed by atoms with Gasteiger partial charge in [-0.25, -0.2) is 0 Å². The molecule has 0 aliphatic carbocycles. The zero-order valence-electron chi connectivity index (χ0n) is 10.1. The molecule has 0 saturated heterocycles. The van der Waals surface area contributed by atoms with Crippen molar-refractivity contribution in [2.75, 3.05) is 19.7 Å². The van der Waals surface area contributed by atoms with Gasteiger partial charge in [-0.1, -0.05) is 12.1 Å². The fourth-order valence-electron chi connectivity index (χ4n) is 1.93. The summed E-state index contributed by atoms with van der Waals surface area (Å²) in [6.07, 6.45) is 0.986. The number of carbonyl (C=O) groups excluding carboxylic acids is 1. The molecule has 0 unspecified atom stereocenters. The first-order valence-corrected chi connectivity index (χ1v) is 6.01. The Labute approximate surface area is 101 Å². The van der Waals surface area contributed by atoms with E-state index in [0.717, 1.165) is 18.8 Å². The first-order chi connectivity index (χ1) is 8.29. The predicted molar refractivity (Wildman–Crippen MR) is 66.0 cm³/mol. The molecule has 0 fully saturated rings. The lowest BCUT2D eigenvalue weighted by molar-refractivity contribution is -0.120. The average Bonchev–Trinajstić information content (AvgIpc) is 2.76. The van der Waals surface area contributed by atoms with Gasteiger partial charge in [0.05, 0.1) is 13.2 Å². The molecule has 0 radical (unpaired) electrons. The van der Waals surface area contributed by atoms with Gasteiger partial charge in [-0.2, -0.15) is 0 Å². The molecule has 0 spiro atoms. The molecule has 0 bridgehead atoms. The minimum Gasteiger partial charge on any atom is -0.493 e. The second kappa shape index (κ2) is 5.68. The van der Waals surface area contributed by atoms with Crippen LogP contribution in [0.2, 0.25) is 0 Å². The summed E-state index contributed by atoms with van der Waals surface area (Å²) in [6, 6.07) is 6.19. The summed E-state index contributed by atoms with van der Waals surface area (Å²) < 4.78 is 5.44. The van der Waals surface area contributed by atoms with Crippen molar-refractivity contribution >= 4 is 5.91 Å². The van der Waals surface area contributed by atoms with E-state index in [-0.39, 0.29) is 5.91 Å². The molecule has 2 N–H and O–H groups in total. The fraction of sp³-hybridized carbons (Fsp3) is 0.462. The Kier molecular flexibility index (Phi) is 3.98. The lowest BCUT2D eigenvalue weighted by Gasteiger charge is -2.06. The van der Waals surface area contributed by atoms with Crippen molar-refractivity contribution in [3.8, 4) is 5.75 Å². The van der Waals surface area contributed by atoms with Crippen LogP contribution in [0, 0.1) is 0 Å². The standard InChI is InChI=1S/C13H18N2O2/c1-2-15-13(16)9-14-8-10-3-4-12-11(7-10)5-6-17-12/h3-4,7,14H,2,5-6,8-9H2,1H3,(H,15,16). The van der Waals surface area contributed by atoms with E-state index < -0.39 is 0 Å². The Morgan fingerprint density at radius 3 is 3.18 bits per heavy atom. The number of nitrogens with one attached hydrogen (secondary N) is 2. The van der Waals surface area contributed by atoms with Crippen LogP contribution in [-0.2, 0) is 17.8 Å². The zero-order valence-corrected chi connectivity index (χ0v) is 10.1. The number of hydrogen-bond acceptors (Lipinski definition) is 3. The van der Waals surface area contributed by atoms with Crippen molar-refractivity contribution in [2.45, 2.75) is 19.9 Å². The van der Waals surface area contributed by atoms with Crippen LogP contribution in [0.15, 0.2) is 18.2 Å². The quantitative estimate of drug-likeness (QED) is 0.794. The van der Waals surface area contributed by atoms with Gasteiger partial charge in [0.2, 0.25) is 5.91 Å². The van der Waals surface area contributed by atoms with Gasteiger partial charge in [0.1, 0.15) is 5.75 Å². The minimum atomic E-state index is 0.0389. The lowest BCUT2D eigenvalue weighted by atomic mass is 10.1. The average molecular weight is 234 g/mol. The SMILES string of the molecule is CCNC(=O)CNCc1ccc2c(c1)CCO2. The van der Waals surface area contributed by atoms with Gasteiger partial charge in [0.15, 0.2) is 0 Å². The predicted octanol–water partition coefficient (Wildman–Crippen LogP) is 0.847. The molecule has 4 nitrogen and oxygen atoms in total. The maximum Gasteiger partial charge on any atom is 0.233 e. The molecule has 1 aromatic rings. The Bertz CT molecular complexity index is 404. The van der Waals surface area contributed by atoms with Crippen LogP contribution in [0.25, 0.3) is 0 Å². The van der Waals surface area contributed by atoms with Crippen molar-refractivity contribution < 1.29 is 9.53 Å². The first kappa shape index (κ1) is 11.9. The van der Waals surface area contributed by atoms with Crippen LogP contribution in [0.1, 0.15) is 18.1 Å². The summed E-state index contributed by atoms with van der Waals surface area (Å²) in [4.78, 5) is 11.2. The molecule has 1 aromatic carbocycles. The van der Waals surface area contributed by atoms with Crippen LogP contribution in [0.5, 0.6) is 5.75 Å². The normalized spacial score (nSPS) is 13.0. The lowest BCUT2D eigenvalue weighted by Crippen LogP contribution is -2.33. The van der Waals surface area contributed by atoms with Crippen LogP contribution >= 0.6 is 0 Å². The van der Waals surface area contributed by atoms with E-state index in [1.165, 1.54) is 11.1 Å². The van der Waals surface area contributed by atoms with Crippen LogP contribution in [0.3, 0.4) is 0 Å². The number of rotatable bonds is 5. The third kappa shape index (κ3) is 3.20. The van der Waals surface area contributed by atoms with Crippen molar-refractivity contribution in [2.24, 2.45) is 0 Å². The third-order valence-electron chi connectivity index (χ3n) is 2.74. The highest BCUT2D eigenvalue weighted by atomic mass is 16.5. The van der Waals surface area contributed by atoms with Gasteiger partial charge < -0.3 is 15.4 Å². The number of likely N-dealkylation sites (N-methyl/N-ethyl adjacent to an activating group) is 1. The van der Waals surface area contributed by atoms with Crippen molar-refractivity contribution in [3.63, 3.8) is 0 Å². The minimum absolute atomic E-state index is 0.0389. The van der Waals surface area contributed by atoms with Gasteiger partial charge in [-0.3, -0.25) is 4.79 Å². The summed E-state index contributed by atoms with van der Waals surface area (Å²) in [5.74, 6) is 1.04. The number of carbonyl (C=O) groups is 1. The molecule has 0 aromatic heterocycles. The molecule has 0 atom stereocenters. The summed E-state index contributed by atoms with van der Waals surface area (Å²) >= 11 is 0. The van der Waals surface area contributed by atoms with Gasteiger partial charge in [-0.05, 0) is 24.1 Å². The summed E-state index contributed by atoms with van der Waals surface area (Å²) in [5, 5.41) is 5.88. The molecule has 1 aliphatic rings. The van der Waals surface area contributed by atoms with E-state index in [1.807, 2.05) is 19.1 Å². The highest BCUT2D eigenvalue weighted by Gasteiger charge is 2.11. The molecule has 2 rings (SSSR count). The Balaban J connectivity index is 1.81. The molecule has 92 valence electrons. The molecular weight excluding hydrogens is 216 g/mol. The van der Waals surface area contributed by atoms with E-state index in [2.05, 4.69) is 16.7 Å². The molecule has 17 heavy (non-hydrogen) atoms. The summed E-state index contributed by atoms with van der Waals surface area (Å²) in [6.45, 7) is 4.45. The molecular formula is C13H18N2O2. The van der Waals surface area contributed by atoms with Crippen LogP contribution < -0.4 is 15.4 Å². The maximum atomic E-state index is 11.2. The Morgan fingerprint density at radius 2 is 2.35 bits per heavy atom. The smallest absolute Gasteiger partial charge is 0.233 e. The number of amides is 1. The monoisotopic (exact) mass is 234 g/mol. The Hall–Kier alpha value is -1.55. The Morgan fingerprint density at radius 1 is 1.47 bits per heavy atom. The highest BCUT2D eigenvalue weighted by Crippen LogP contribution is 2.25. The van der Waals surface area contributed by atoms with E-state index >= 15 is 0 Å². The largest absolute Gasteiger partial charge is 0.493 e. The molecule has 1 amide bonds. The maximum absolute atomic E-state index is 11.2. The zero-order chi connectivity index (χ0) is 12.1. The van der Waals surface area contributed by atoms with E-state index in [9.17, 15) is 4.79 Å². The summed E-state index contributed by atoms with van der Waals surface area (Å²) in [5.41, 5.74) is 2.46. The number of benzene rings is 1. The second-order valence-electron chi connectivity index (χ2n) is 4.10. The number of ether oxygens (including phenoxy) is 1. The topological polar surface area (TPSA) is 50.4 Å². The van der Waals surface area contributed by atoms with Gasteiger partial charge in [0.25, 0.3) is 0 Å². The summed E-state index contributed by atoms with van der Waals surface area (Å²) in [7, 11) is 0. The van der Waals surface area contributed by atoms with Crippen molar-refractivity contribution in [1.82, 2.24) is 10.6 Å². The van der Waals surface area contributed by atoms with E-state index in [4.69, 9.17) is 4.74 Å². The fourth-order valence-corrected chi connectivity index (χ4v) is 1.93. The van der Waals surface area contributed by atoms with Crippen LogP contribution in [0.4, 0.5) is 0 Å². The third-order valence-corrected chi connectivity index (χ3v) is 2.74. The van der Waals surface area contributed by atoms with E-state index in [0.29, 0.717) is 19.6 Å². The molecule has 1 aliphatic heterocycles. The van der Waals surface area contributed by atoms with Crippen molar-refractivity contribution in [1.29, 1.82) is 0 Å². The highest BCUT2D eigenvalue weighted by molar-refractivity contribution is 5.77. The molecule has 0 saturated carbocycles. The molecule has 4 heteroatoms.